The fourth-order valence-corrected chi connectivity index (χ4v) is 3.79. The lowest BCUT2D eigenvalue weighted by Crippen LogP contribution is -2.21. The molecule has 5 heteroatoms. The summed E-state index contributed by atoms with van der Waals surface area (Å²) in [6.07, 6.45) is 2.53. The van der Waals surface area contributed by atoms with E-state index in [1.54, 1.807) is 6.92 Å². The molecule has 18 heavy (non-hydrogen) atoms. The SMILES string of the molecule is C=C(C)OCCOCCOC(=O)C[S+]1CCCC1. The molecule has 0 aromatic heterocycles. The zero-order chi connectivity index (χ0) is 13.2. The average Bonchev–Trinajstić information content (AvgIpc) is 2.80. The van der Waals surface area contributed by atoms with Crippen LogP contribution in [0.4, 0.5) is 0 Å². The molecule has 0 saturated carbocycles. The Bertz CT molecular complexity index is 262. The van der Waals surface area contributed by atoms with Crippen LogP contribution in [0.2, 0.25) is 0 Å². The molecular formula is C13H23O4S+. The zero-order valence-electron chi connectivity index (χ0n) is 11.1. The monoisotopic (exact) mass is 275 g/mol. The lowest BCUT2D eigenvalue weighted by Gasteiger charge is -2.07. The van der Waals surface area contributed by atoms with Gasteiger partial charge < -0.3 is 14.2 Å². The molecule has 0 N–H and O–H groups in total. The third-order valence-electron chi connectivity index (χ3n) is 2.50. The molecule has 0 aromatic carbocycles. The van der Waals surface area contributed by atoms with E-state index in [0.29, 0.717) is 37.9 Å². The molecule has 104 valence electrons. The first-order valence-electron chi connectivity index (χ1n) is 6.34. The Morgan fingerprint density at radius 2 is 1.72 bits per heavy atom. The van der Waals surface area contributed by atoms with Gasteiger partial charge in [-0.05, 0) is 30.7 Å². The normalized spacial score (nSPS) is 15.6. The summed E-state index contributed by atoms with van der Waals surface area (Å²) in [5, 5.41) is 0. The second-order valence-corrected chi connectivity index (χ2v) is 6.59. The van der Waals surface area contributed by atoms with Crippen LogP contribution in [0.1, 0.15) is 19.8 Å². The Labute approximate surface area is 112 Å². The van der Waals surface area contributed by atoms with E-state index < -0.39 is 0 Å². The van der Waals surface area contributed by atoms with Crippen molar-refractivity contribution in [3.63, 3.8) is 0 Å². The van der Waals surface area contributed by atoms with E-state index in [1.165, 1.54) is 24.3 Å². The third kappa shape index (κ3) is 7.61. The largest absolute Gasteiger partial charge is 0.496 e. The molecule has 1 heterocycles. The number of rotatable bonds is 9. The molecule has 4 nitrogen and oxygen atoms in total. The van der Waals surface area contributed by atoms with Gasteiger partial charge in [0, 0.05) is 0 Å². The van der Waals surface area contributed by atoms with E-state index in [0.717, 1.165) is 0 Å². The molecular weight excluding hydrogens is 252 g/mol. The van der Waals surface area contributed by atoms with Gasteiger partial charge in [-0.25, -0.2) is 4.79 Å². The van der Waals surface area contributed by atoms with Crippen molar-refractivity contribution in [1.82, 2.24) is 0 Å². The lowest BCUT2D eigenvalue weighted by molar-refractivity contribution is -0.142. The molecule has 1 fully saturated rings. The van der Waals surface area contributed by atoms with Gasteiger partial charge in [0.1, 0.15) is 24.7 Å². The minimum absolute atomic E-state index is 0.0815. The predicted octanol–water partition coefficient (Wildman–Crippen LogP) is 1.51. The van der Waals surface area contributed by atoms with E-state index in [9.17, 15) is 4.79 Å². The molecule has 0 unspecified atom stereocenters. The highest BCUT2D eigenvalue weighted by Crippen LogP contribution is 2.13. The Hall–Kier alpha value is -0.680. The molecule has 1 aliphatic rings. The summed E-state index contributed by atoms with van der Waals surface area (Å²) in [5.74, 6) is 3.59. The first-order chi connectivity index (χ1) is 8.68. The second-order valence-electron chi connectivity index (χ2n) is 4.26. The van der Waals surface area contributed by atoms with Crippen LogP contribution in [0.3, 0.4) is 0 Å². The van der Waals surface area contributed by atoms with Gasteiger partial charge in [0.15, 0.2) is 0 Å². The molecule has 0 radical (unpaired) electrons. The van der Waals surface area contributed by atoms with Crippen LogP contribution in [-0.4, -0.2) is 49.7 Å². The first-order valence-corrected chi connectivity index (χ1v) is 8.07. The van der Waals surface area contributed by atoms with Crippen molar-refractivity contribution < 1.29 is 19.0 Å². The summed E-state index contributed by atoms with van der Waals surface area (Å²) >= 11 is 0. The van der Waals surface area contributed by atoms with Crippen molar-refractivity contribution >= 4 is 16.9 Å². The van der Waals surface area contributed by atoms with Gasteiger partial charge in [-0.1, -0.05) is 6.58 Å². The van der Waals surface area contributed by atoms with E-state index in [2.05, 4.69) is 6.58 Å². The third-order valence-corrected chi connectivity index (χ3v) is 4.88. The number of ether oxygens (including phenoxy) is 3. The molecule has 0 spiro atoms. The van der Waals surface area contributed by atoms with Crippen LogP contribution in [-0.2, 0) is 29.9 Å². The van der Waals surface area contributed by atoms with Gasteiger partial charge in [0.25, 0.3) is 0 Å². The summed E-state index contributed by atoms with van der Waals surface area (Å²) in [5.41, 5.74) is 0. The van der Waals surface area contributed by atoms with Crippen molar-refractivity contribution in [1.29, 1.82) is 0 Å². The van der Waals surface area contributed by atoms with Gasteiger partial charge in [-0.2, -0.15) is 0 Å². The van der Waals surface area contributed by atoms with Crippen LogP contribution in [0.5, 0.6) is 0 Å². The highest BCUT2D eigenvalue weighted by atomic mass is 32.2. The van der Waals surface area contributed by atoms with Gasteiger partial charge in [0.2, 0.25) is 5.75 Å². The van der Waals surface area contributed by atoms with Crippen molar-refractivity contribution in [2.75, 3.05) is 43.7 Å². The summed E-state index contributed by atoms with van der Waals surface area (Å²) in [6.45, 7) is 7.17. The molecule has 0 aliphatic carbocycles. The van der Waals surface area contributed by atoms with Gasteiger partial charge in [-0.3, -0.25) is 0 Å². The number of hydrogen-bond acceptors (Lipinski definition) is 4. The Kier molecular flexibility index (Phi) is 7.93. The van der Waals surface area contributed by atoms with Crippen molar-refractivity contribution in [2.24, 2.45) is 0 Å². The molecule has 0 aromatic rings. The first kappa shape index (κ1) is 15.4. The summed E-state index contributed by atoms with van der Waals surface area (Å²) < 4.78 is 15.5. The Morgan fingerprint density at radius 1 is 1.11 bits per heavy atom. The van der Waals surface area contributed by atoms with Crippen LogP contribution < -0.4 is 0 Å². The number of esters is 1. The molecule has 0 amide bonds. The minimum atomic E-state index is -0.0815. The van der Waals surface area contributed by atoms with Crippen LogP contribution >= 0.6 is 0 Å². The Balaban J connectivity index is 1.87. The summed E-state index contributed by atoms with van der Waals surface area (Å²) in [7, 11) is 0.282. The van der Waals surface area contributed by atoms with Crippen molar-refractivity contribution in [2.45, 2.75) is 19.8 Å². The molecule has 1 saturated heterocycles. The molecule has 1 aliphatic heterocycles. The topological polar surface area (TPSA) is 44.8 Å². The summed E-state index contributed by atoms with van der Waals surface area (Å²) in [6, 6.07) is 0. The van der Waals surface area contributed by atoms with Crippen LogP contribution in [0.15, 0.2) is 12.3 Å². The zero-order valence-corrected chi connectivity index (χ0v) is 11.9. The van der Waals surface area contributed by atoms with Gasteiger partial charge >= 0.3 is 5.97 Å². The number of carbonyl (C=O) groups is 1. The Morgan fingerprint density at radius 3 is 2.33 bits per heavy atom. The van der Waals surface area contributed by atoms with Gasteiger partial charge in [-0.15, -0.1) is 0 Å². The fraction of sp³-hybridized carbons (Fsp3) is 0.769. The lowest BCUT2D eigenvalue weighted by atomic mass is 10.4. The van der Waals surface area contributed by atoms with E-state index >= 15 is 0 Å². The van der Waals surface area contributed by atoms with Crippen LogP contribution in [0.25, 0.3) is 0 Å². The maximum Gasteiger partial charge on any atom is 0.356 e. The molecule has 0 atom stereocenters. The highest BCUT2D eigenvalue weighted by molar-refractivity contribution is 7.97. The minimum Gasteiger partial charge on any atom is -0.496 e. The smallest absolute Gasteiger partial charge is 0.356 e. The van der Waals surface area contributed by atoms with Gasteiger partial charge in [0.05, 0.1) is 19.0 Å². The molecule has 1 rings (SSSR count). The van der Waals surface area contributed by atoms with Crippen molar-refractivity contribution in [3.05, 3.63) is 12.3 Å². The number of hydrogen-bond donors (Lipinski definition) is 0. The van der Waals surface area contributed by atoms with Crippen LogP contribution in [0, 0.1) is 0 Å². The van der Waals surface area contributed by atoms with E-state index in [4.69, 9.17) is 14.2 Å². The highest BCUT2D eigenvalue weighted by Gasteiger charge is 2.27. The standard InChI is InChI=1S/C13H23O4S/c1-12(2)16-7-5-15-6-8-17-13(14)11-18-9-3-4-10-18/h1,3-11H2,2H3/q+1. The second kappa shape index (κ2) is 9.28. The quantitative estimate of drug-likeness (QED) is 0.277. The average molecular weight is 275 g/mol. The van der Waals surface area contributed by atoms with E-state index in [-0.39, 0.29) is 16.9 Å². The fourth-order valence-electron chi connectivity index (χ4n) is 1.66. The maximum absolute atomic E-state index is 11.5. The summed E-state index contributed by atoms with van der Waals surface area (Å²) in [4.78, 5) is 11.5. The van der Waals surface area contributed by atoms with E-state index in [1.807, 2.05) is 0 Å². The van der Waals surface area contributed by atoms with Crippen molar-refractivity contribution in [3.8, 4) is 0 Å². The maximum atomic E-state index is 11.5. The predicted molar refractivity (Wildman–Crippen MR) is 73.7 cm³/mol. The number of carbonyl (C=O) groups excluding carboxylic acids is 1. The number of allylic oxidation sites excluding steroid dienone is 1. The molecule has 0 bridgehead atoms.